The van der Waals surface area contributed by atoms with Crippen LogP contribution in [0.4, 0.5) is 21.6 Å². The summed E-state index contributed by atoms with van der Waals surface area (Å²) in [6.07, 6.45) is 3.21. The molecule has 5 N–H and O–H groups in total. The topological polar surface area (TPSA) is 109 Å². The number of hydrogen-bond donors (Lipinski definition) is 4. The zero-order chi connectivity index (χ0) is 22.2. The maximum Gasteiger partial charge on any atom is 0.248 e. The van der Waals surface area contributed by atoms with Crippen LogP contribution in [0.2, 0.25) is 0 Å². The lowest BCUT2D eigenvalue weighted by Gasteiger charge is -2.34. The summed E-state index contributed by atoms with van der Waals surface area (Å²) in [6, 6.07) is 9.91. The fraction of sp³-hybridized carbons (Fsp3) is 0.238. The van der Waals surface area contributed by atoms with Crippen LogP contribution in [-0.4, -0.2) is 53.2 Å². The smallest absolute Gasteiger partial charge is 0.248 e. The summed E-state index contributed by atoms with van der Waals surface area (Å²) < 4.78 is 14.8. The molecule has 1 aromatic carbocycles. The van der Waals surface area contributed by atoms with Crippen molar-refractivity contribution >= 4 is 28.1 Å². The molecule has 1 saturated heterocycles. The molecule has 11 heteroatoms. The predicted molar refractivity (Wildman–Crippen MR) is 122 cm³/mol. The molecule has 1 fully saturated rings. The van der Waals surface area contributed by atoms with Gasteiger partial charge >= 0.3 is 0 Å². The van der Waals surface area contributed by atoms with Gasteiger partial charge in [0.25, 0.3) is 0 Å². The molecule has 3 aromatic rings. The lowest BCUT2D eigenvalue weighted by Crippen LogP contribution is -2.45. The summed E-state index contributed by atoms with van der Waals surface area (Å²) in [7, 11) is 2.07. The lowest BCUT2D eigenvalue weighted by molar-refractivity contribution is 0.311. The lowest BCUT2D eigenvalue weighted by atomic mass is 10.2. The zero-order valence-electron chi connectivity index (χ0n) is 17.5. The van der Waals surface area contributed by atoms with Crippen molar-refractivity contribution < 1.29 is 4.39 Å². The van der Waals surface area contributed by atoms with Crippen molar-refractivity contribution in [3.8, 4) is 0 Å². The van der Waals surface area contributed by atoms with Gasteiger partial charge in [0.1, 0.15) is 11.6 Å². The van der Waals surface area contributed by atoms with Gasteiger partial charge < -0.3 is 20.5 Å². The van der Waals surface area contributed by atoms with E-state index in [0.29, 0.717) is 28.5 Å². The Kier molecular flexibility index (Phi) is 5.04. The van der Waals surface area contributed by atoms with Gasteiger partial charge in [0.05, 0.1) is 23.1 Å². The summed E-state index contributed by atoms with van der Waals surface area (Å²) in [4.78, 5) is 23.1. The first kappa shape index (κ1) is 20.1. The number of likely N-dealkylation sites (N-methyl/N-ethyl adjacent to an activating group) is 1. The number of rotatable bonds is 4. The van der Waals surface area contributed by atoms with Crippen LogP contribution in [0.15, 0.2) is 59.4 Å². The zero-order valence-corrected chi connectivity index (χ0v) is 17.5. The third-order valence-electron chi connectivity index (χ3n) is 5.61. The second kappa shape index (κ2) is 8.02. The minimum Gasteiger partial charge on any atom is -0.383 e. The number of aromatic nitrogens is 2. The van der Waals surface area contributed by atoms with Crippen LogP contribution >= 0.6 is 0 Å². The Balaban J connectivity index is 1.32. The van der Waals surface area contributed by atoms with Gasteiger partial charge in [-0.1, -0.05) is 0 Å². The Morgan fingerprint density at radius 1 is 1.12 bits per heavy atom. The molecule has 2 aliphatic heterocycles. The predicted octanol–water partition coefficient (Wildman–Crippen LogP) is 1.14. The van der Waals surface area contributed by atoms with Crippen molar-refractivity contribution in [2.75, 3.05) is 48.6 Å². The average molecular weight is 437 g/mol. The summed E-state index contributed by atoms with van der Waals surface area (Å²) >= 11 is 0. The van der Waals surface area contributed by atoms with Gasteiger partial charge in [0, 0.05) is 49.9 Å². The van der Waals surface area contributed by atoms with Crippen LogP contribution in [-0.2, 0) is 0 Å². The van der Waals surface area contributed by atoms with Crippen LogP contribution < -0.4 is 32.2 Å². The number of piperazine rings is 1. The number of halogens is 1. The fourth-order valence-electron chi connectivity index (χ4n) is 3.88. The van der Waals surface area contributed by atoms with Crippen molar-refractivity contribution in [1.82, 2.24) is 25.5 Å². The quantitative estimate of drug-likeness (QED) is 0.478. The molecule has 2 aromatic heterocycles. The first-order chi connectivity index (χ1) is 15.5. The molecule has 0 radical (unpaired) electrons. The number of hydrazine groups is 3. The van der Waals surface area contributed by atoms with E-state index in [1.54, 1.807) is 35.6 Å². The minimum atomic E-state index is -0.285. The van der Waals surface area contributed by atoms with Gasteiger partial charge in [-0.25, -0.2) is 19.5 Å². The number of anilines is 3. The average Bonchev–Trinajstić information content (AvgIpc) is 3.13. The van der Waals surface area contributed by atoms with Crippen molar-refractivity contribution in [2.24, 2.45) is 5.73 Å². The normalized spacial score (nSPS) is 17.2. The number of nitrogens with two attached hydrogens (primary N) is 1. The van der Waals surface area contributed by atoms with Crippen molar-refractivity contribution in [3.63, 3.8) is 0 Å². The van der Waals surface area contributed by atoms with E-state index in [1.165, 1.54) is 17.3 Å². The number of fused-ring (bicyclic) bond motifs is 1. The standard InChI is InChI=1S/C21H24FN9O/c1-28-8-10-29(11-9-28)18-4-2-14(12-16(18)22)26-30-13-19(23)31(27-30)21-15-3-5-20(32)25-17(15)6-7-24-21/h2-7,12-13,26-27H,8-11,23H2,1H3,(H,25,32). The van der Waals surface area contributed by atoms with Crippen molar-refractivity contribution in [2.45, 2.75) is 0 Å². The minimum absolute atomic E-state index is 0.196. The van der Waals surface area contributed by atoms with Gasteiger partial charge in [0.15, 0.2) is 5.82 Å². The number of nitrogens with zero attached hydrogens (tertiary/aromatic N) is 5. The molecule has 0 unspecified atom stereocenters. The van der Waals surface area contributed by atoms with Crippen LogP contribution in [0.1, 0.15) is 0 Å². The number of pyridine rings is 2. The summed E-state index contributed by atoms with van der Waals surface area (Å²) in [5.74, 6) is 0.610. The van der Waals surface area contributed by atoms with E-state index in [1.807, 2.05) is 6.07 Å². The second-order valence-corrected chi connectivity index (χ2v) is 7.85. The third-order valence-corrected chi connectivity index (χ3v) is 5.61. The van der Waals surface area contributed by atoms with Gasteiger partial charge in [0.2, 0.25) is 5.56 Å². The Labute approximate surface area is 183 Å². The molecule has 0 aliphatic carbocycles. The molecule has 166 valence electrons. The molecule has 0 bridgehead atoms. The van der Waals surface area contributed by atoms with Gasteiger partial charge in [-0.2, -0.15) is 0 Å². The van der Waals surface area contributed by atoms with Crippen LogP contribution in [0.5, 0.6) is 0 Å². The molecule has 10 nitrogen and oxygen atoms in total. The SMILES string of the molecule is CN1CCN(c2ccc(NN3C=C(N)N(c4nccc5[nH]c(=O)ccc45)N3)cc2F)CC1. The molecule has 0 atom stereocenters. The van der Waals surface area contributed by atoms with Gasteiger partial charge in [-0.05, 0) is 31.3 Å². The van der Waals surface area contributed by atoms with Crippen molar-refractivity contribution in [1.29, 1.82) is 0 Å². The van der Waals surface area contributed by atoms with Crippen LogP contribution in [0.25, 0.3) is 10.9 Å². The Morgan fingerprint density at radius 3 is 2.72 bits per heavy atom. The van der Waals surface area contributed by atoms with E-state index < -0.39 is 0 Å². The molecule has 4 heterocycles. The monoisotopic (exact) mass is 437 g/mol. The molecule has 0 spiro atoms. The second-order valence-electron chi connectivity index (χ2n) is 7.85. The van der Waals surface area contributed by atoms with E-state index in [0.717, 1.165) is 31.6 Å². The number of hydrogen-bond acceptors (Lipinski definition) is 9. The van der Waals surface area contributed by atoms with E-state index >= 15 is 0 Å². The van der Waals surface area contributed by atoms with Gasteiger partial charge in [-0.15, -0.1) is 5.53 Å². The molecule has 5 rings (SSSR count). The molecular formula is C21H24FN9O. The highest BCUT2D eigenvalue weighted by Crippen LogP contribution is 2.27. The Hall–Kier alpha value is -3.83. The molecule has 0 amide bonds. The van der Waals surface area contributed by atoms with E-state index in [4.69, 9.17) is 5.73 Å². The van der Waals surface area contributed by atoms with Crippen molar-refractivity contribution in [3.05, 3.63) is 70.8 Å². The van der Waals surface area contributed by atoms with Crippen LogP contribution in [0.3, 0.4) is 0 Å². The molecule has 0 saturated carbocycles. The van der Waals surface area contributed by atoms with E-state index in [-0.39, 0.29) is 11.4 Å². The molecule has 2 aliphatic rings. The number of benzene rings is 1. The Morgan fingerprint density at radius 2 is 1.94 bits per heavy atom. The van der Waals surface area contributed by atoms with E-state index in [9.17, 15) is 9.18 Å². The molecular weight excluding hydrogens is 413 g/mol. The summed E-state index contributed by atoms with van der Waals surface area (Å²) in [5.41, 5.74) is 13.9. The first-order valence-electron chi connectivity index (χ1n) is 10.3. The summed E-state index contributed by atoms with van der Waals surface area (Å²) in [5, 5.41) is 3.81. The number of aromatic amines is 1. The number of H-pyrrole nitrogens is 1. The highest BCUT2D eigenvalue weighted by atomic mass is 19.1. The maximum absolute atomic E-state index is 14.8. The highest BCUT2D eigenvalue weighted by Gasteiger charge is 2.24. The fourth-order valence-corrected chi connectivity index (χ4v) is 3.88. The van der Waals surface area contributed by atoms with E-state index in [2.05, 4.69) is 37.8 Å². The summed E-state index contributed by atoms with van der Waals surface area (Å²) in [6.45, 7) is 3.41. The maximum atomic E-state index is 14.8. The van der Waals surface area contributed by atoms with Gasteiger partial charge in [-0.3, -0.25) is 10.2 Å². The third kappa shape index (κ3) is 3.79. The Bertz CT molecular complexity index is 1240. The first-order valence-corrected chi connectivity index (χ1v) is 10.3. The number of nitrogens with one attached hydrogen (secondary N) is 3. The van der Waals surface area contributed by atoms with Crippen LogP contribution in [0, 0.1) is 5.82 Å². The molecule has 32 heavy (non-hydrogen) atoms. The highest BCUT2D eigenvalue weighted by molar-refractivity contribution is 5.89. The largest absolute Gasteiger partial charge is 0.383 e.